The Kier molecular flexibility index (Phi) is 12.4. The minimum absolute atomic E-state index is 0.0348. The summed E-state index contributed by atoms with van der Waals surface area (Å²) in [5.41, 5.74) is 5.22. The van der Waals surface area contributed by atoms with Crippen molar-refractivity contribution in [2.45, 2.75) is 67.2 Å². The number of hydrogen-bond acceptors (Lipinski definition) is 8. The molecule has 0 aromatic heterocycles. The number of amides is 1. The van der Waals surface area contributed by atoms with Crippen molar-refractivity contribution in [1.29, 1.82) is 0 Å². The first-order valence-electron chi connectivity index (χ1n) is 17.1. The van der Waals surface area contributed by atoms with Gasteiger partial charge in [-0.15, -0.1) is 11.8 Å². The van der Waals surface area contributed by atoms with Crippen LogP contribution in [0.25, 0.3) is 0 Å². The van der Waals surface area contributed by atoms with Crippen molar-refractivity contribution >= 4 is 27.7 Å². The summed E-state index contributed by atoms with van der Waals surface area (Å²) in [6.07, 6.45) is -0.187. The number of phenolic OH excluding ortho intramolecular Hbond substituents is 1. The lowest BCUT2D eigenvalue weighted by Crippen LogP contribution is -2.47. The maximum Gasteiger partial charge on any atom is 0.241 e. The fourth-order valence-electron chi connectivity index (χ4n) is 5.87. The molecule has 5 aromatic rings. The topological polar surface area (TPSA) is 134 Å². The molecule has 1 heterocycles. The SMILES string of the molecule is Cc1ccc(S(=O)(=O)N[C@H](Cc2ccccc2)C(=O)NCc2ccc(C3O[C@H](CSc4ccc(O)cc4)C[C@H](c4ccc(CO)cc4)O3)cc2)cc1. The van der Waals surface area contributed by atoms with Gasteiger partial charge in [0, 0.05) is 29.2 Å². The minimum Gasteiger partial charge on any atom is -0.508 e. The Bertz CT molecular complexity index is 2010. The number of benzene rings is 5. The maximum absolute atomic E-state index is 13.5. The molecule has 1 aliphatic rings. The third kappa shape index (κ3) is 10.1. The highest BCUT2D eigenvalue weighted by Gasteiger charge is 2.32. The zero-order chi connectivity index (χ0) is 36.5. The molecular weight excluding hydrogens is 697 g/mol. The van der Waals surface area contributed by atoms with E-state index >= 15 is 0 Å². The summed E-state index contributed by atoms with van der Waals surface area (Å²) in [4.78, 5) is 14.6. The van der Waals surface area contributed by atoms with Crippen LogP contribution < -0.4 is 10.0 Å². The molecule has 6 rings (SSSR count). The van der Waals surface area contributed by atoms with Gasteiger partial charge in [-0.25, -0.2) is 8.42 Å². The normalized spacial score (nSPS) is 18.1. The molecule has 5 aromatic carbocycles. The average molecular weight is 739 g/mol. The molecule has 4 N–H and O–H groups in total. The van der Waals surface area contributed by atoms with Crippen LogP contribution in [-0.2, 0) is 43.9 Å². The van der Waals surface area contributed by atoms with Gasteiger partial charge in [0.25, 0.3) is 0 Å². The molecule has 0 aliphatic carbocycles. The van der Waals surface area contributed by atoms with Crippen LogP contribution in [-0.4, -0.2) is 42.4 Å². The monoisotopic (exact) mass is 738 g/mol. The largest absolute Gasteiger partial charge is 0.508 e. The van der Waals surface area contributed by atoms with Crippen molar-refractivity contribution < 1.29 is 32.9 Å². The summed E-state index contributed by atoms with van der Waals surface area (Å²) in [6, 6.07) is 37.2. The van der Waals surface area contributed by atoms with Gasteiger partial charge in [0.15, 0.2) is 6.29 Å². The second-order valence-electron chi connectivity index (χ2n) is 12.8. The molecular formula is C41H42N2O7S2. The molecule has 1 amide bonds. The molecule has 4 atom stereocenters. The molecule has 0 bridgehead atoms. The molecule has 0 saturated carbocycles. The summed E-state index contributed by atoms with van der Waals surface area (Å²) in [5, 5.41) is 22.1. The number of rotatable bonds is 14. The lowest BCUT2D eigenvalue weighted by Gasteiger charge is -2.36. The number of ether oxygens (including phenoxy) is 2. The van der Waals surface area contributed by atoms with Crippen molar-refractivity contribution in [1.82, 2.24) is 10.0 Å². The predicted molar refractivity (Wildman–Crippen MR) is 201 cm³/mol. The Morgan fingerprint density at radius 1 is 0.808 bits per heavy atom. The molecule has 0 spiro atoms. The van der Waals surface area contributed by atoms with Crippen molar-refractivity contribution in [3.8, 4) is 5.75 Å². The first-order valence-corrected chi connectivity index (χ1v) is 19.5. The van der Waals surface area contributed by atoms with E-state index in [9.17, 15) is 23.4 Å². The van der Waals surface area contributed by atoms with Gasteiger partial charge in [0.2, 0.25) is 15.9 Å². The van der Waals surface area contributed by atoms with E-state index in [1.54, 1.807) is 36.0 Å². The zero-order valence-corrected chi connectivity index (χ0v) is 30.4. The molecule has 1 fully saturated rings. The van der Waals surface area contributed by atoms with Crippen molar-refractivity contribution in [2.24, 2.45) is 0 Å². The van der Waals surface area contributed by atoms with Gasteiger partial charge in [-0.2, -0.15) is 4.72 Å². The molecule has 9 nitrogen and oxygen atoms in total. The Hall–Kier alpha value is -4.49. The molecule has 52 heavy (non-hydrogen) atoms. The van der Waals surface area contributed by atoms with Crippen molar-refractivity contribution in [2.75, 3.05) is 5.75 Å². The number of nitrogens with one attached hydrogen (secondary N) is 2. The van der Waals surface area contributed by atoms with Crippen molar-refractivity contribution in [3.63, 3.8) is 0 Å². The second kappa shape index (κ2) is 17.4. The molecule has 0 radical (unpaired) electrons. The number of aryl methyl sites for hydroxylation is 1. The lowest BCUT2D eigenvalue weighted by molar-refractivity contribution is -0.245. The van der Waals surface area contributed by atoms with E-state index in [4.69, 9.17) is 9.47 Å². The van der Waals surface area contributed by atoms with Gasteiger partial charge in [0.05, 0.1) is 23.7 Å². The first kappa shape index (κ1) is 37.3. The van der Waals surface area contributed by atoms with E-state index in [-0.39, 0.29) is 42.4 Å². The van der Waals surface area contributed by atoms with Crippen LogP contribution in [0, 0.1) is 6.92 Å². The number of aliphatic hydroxyl groups excluding tert-OH is 1. The van der Waals surface area contributed by atoms with Crippen LogP contribution >= 0.6 is 11.8 Å². The first-order chi connectivity index (χ1) is 25.1. The standard InChI is InChI=1S/C41H42N2O7S2/c1-28-7-21-37(22-8-28)52(47,48)43-38(23-29-5-3-2-4-6-29)40(46)42-25-30-9-15-33(16-10-30)41-49-35(27-51-36-19-17-34(45)18-20-36)24-39(50-41)32-13-11-31(26-44)12-14-32/h2-22,35,38-39,41,43-45H,23-27H2,1H3,(H,42,46)/t35-,38+,39+,41?/m0/s1. The maximum atomic E-state index is 13.5. The summed E-state index contributed by atoms with van der Waals surface area (Å²) in [5.74, 6) is 0.458. The van der Waals surface area contributed by atoms with E-state index < -0.39 is 28.3 Å². The second-order valence-corrected chi connectivity index (χ2v) is 15.6. The van der Waals surface area contributed by atoms with Crippen LogP contribution in [0.2, 0.25) is 0 Å². The molecule has 11 heteroatoms. The van der Waals surface area contributed by atoms with Crippen LogP contribution in [0.4, 0.5) is 0 Å². The van der Waals surface area contributed by atoms with Crippen LogP contribution in [0.15, 0.2) is 137 Å². The van der Waals surface area contributed by atoms with E-state index in [0.717, 1.165) is 38.3 Å². The third-order valence-corrected chi connectivity index (χ3v) is 11.5. The quantitative estimate of drug-likeness (QED) is 0.0922. The number of aromatic hydroxyl groups is 1. The van der Waals surface area contributed by atoms with Crippen molar-refractivity contribution in [3.05, 3.63) is 161 Å². The summed E-state index contributed by atoms with van der Waals surface area (Å²) in [7, 11) is -3.96. The molecule has 1 saturated heterocycles. The zero-order valence-electron chi connectivity index (χ0n) is 28.7. The van der Waals surface area contributed by atoms with E-state index in [1.165, 1.54) is 12.1 Å². The van der Waals surface area contributed by atoms with E-state index in [0.29, 0.717) is 12.2 Å². The van der Waals surface area contributed by atoms with Gasteiger partial charge in [-0.3, -0.25) is 4.79 Å². The highest BCUT2D eigenvalue weighted by Crippen LogP contribution is 2.39. The Labute approximate surface area is 309 Å². The van der Waals surface area contributed by atoms with E-state index in [1.807, 2.05) is 97.9 Å². The molecule has 1 unspecified atom stereocenters. The van der Waals surface area contributed by atoms with Gasteiger partial charge < -0.3 is 25.0 Å². The van der Waals surface area contributed by atoms with Crippen LogP contribution in [0.5, 0.6) is 5.75 Å². The number of sulfonamides is 1. The van der Waals surface area contributed by atoms with Gasteiger partial charge in [-0.1, -0.05) is 96.6 Å². The molecule has 270 valence electrons. The Morgan fingerprint density at radius 3 is 2.13 bits per heavy atom. The highest BCUT2D eigenvalue weighted by atomic mass is 32.2. The summed E-state index contributed by atoms with van der Waals surface area (Å²) >= 11 is 1.65. The number of aliphatic hydroxyl groups is 1. The number of phenols is 1. The lowest BCUT2D eigenvalue weighted by atomic mass is 10.0. The van der Waals surface area contributed by atoms with Gasteiger partial charge >= 0.3 is 0 Å². The summed E-state index contributed by atoms with van der Waals surface area (Å²) < 4.78 is 42.1. The van der Waals surface area contributed by atoms with Gasteiger partial charge in [-0.05, 0) is 72.0 Å². The Balaban J connectivity index is 1.13. The van der Waals surface area contributed by atoms with E-state index in [2.05, 4.69) is 10.0 Å². The fourth-order valence-corrected chi connectivity index (χ4v) is 7.99. The molecule has 1 aliphatic heterocycles. The predicted octanol–water partition coefficient (Wildman–Crippen LogP) is 6.74. The number of hydrogen-bond donors (Lipinski definition) is 4. The highest BCUT2D eigenvalue weighted by molar-refractivity contribution is 7.99. The number of carbonyl (C=O) groups excluding carboxylic acids is 1. The smallest absolute Gasteiger partial charge is 0.241 e. The van der Waals surface area contributed by atoms with Crippen LogP contribution in [0.1, 0.15) is 52.2 Å². The fraction of sp³-hybridized carbons (Fsp3) is 0.244. The Morgan fingerprint density at radius 2 is 1.46 bits per heavy atom. The number of carbonyl (C=O) groups is 1. The van der Waals surface area contributed by atoms with Crippen LogP contribution in [0.3, 0.4) is 0 Å². The third-order valence-electron chi connectivity index (χ3n) is 8.83. The minimum atomic E-state index is -3.96. The number of thioether (sulfide) groups is 1. The average Bonchev–Trinajstić information content (AvgIpc) is 3.17. The van der Waals surface area contributed by atoms with Gasteiger partial charge in [0.1, 0.15) is 11.8 Å². The summed E-state index contributed by atoms with van der Waals surface area (Å²) in [6.45, 7) is 2.03.